The van der Waals surface area contributed by atoms with E-state index in [9.17, 15) is 4.79 Å². The first kappa shape index (κ1) is 15.6. The molecule has 2 aromatic heterocycles. The largest absolute Gasteiger partial charge is 0.352 e. The molecule has 0 saturated heterocycles. The fourth-order valence-corrected chi connectivity index (χ4v) is 3.01. The van der Waals surface area contributed by atoms with Crippen molar-refractivity contribution in [2.45, 2.75) is 19.9 Å². The third-order valence-corrected chi connectivity index (χ3v) is 4.66. The second-order valence-corrected chi connectivity index (χ2v) is 6.56. The van der Waals surface area contributed by atoms with Crippen LogP contribution in [0.3, 0.4) is 0 Å². The summed E-state index contributed by atoms with van der Waals surface area (Å²) in [5.74, 6) is 0.820. The second kappa shape index (κ2) is 6.51. The molecule has 0 unspecified atom stereocenters. The fourth-order valence-electron chi connectivity index (χ4n) is 3.01. The normalized spacial score (nSPS) is 18.8. The van der Waals surface area contributed by atoms with Crippen LogP contribution in [0.1, 0.15) is 18.9 Å². The Kier molecular flexibility index (Phi) is 4.06. The standard InChI is InChI=1S/C20H20N4O/c1-14-11-18(14)20(25)22-12-16-13-24(17-5-3-2-4-6-17)23-19(16)15-7-9-21-10-8-15/h2-10,13-14,18H,11-12H2,1H3,(H,22,25)/t14-,18-/m0/s1. The Morgan fingerprint density at radius 2 is 1.92 bits per heavy atom. The second-order valence-electron chi connectivity index (χ2n) is 6.56. The molecule has 2 atom stereocenters. The van der Waals surface area contributed by atoms with E-state index in [1.165, 1.54) is 0 Å². The van der Waals surface area contributed by atoms with E-state index in [1.807, 2.05) is 53.3 Å². The number of hydrogen-bond acceptors (Lipinski definition) is 3. The smallest absolute Gasteiger partial charge is 0.223 e. The van der Waals surface area contributed by atoms with Gasteiger partial charge in [-0.05, 0) is 36.6 Å². The highest BCUT2D eigenvalue weighted by atomic mass is 16.2. The summed E-state index contributed by atoms with van der Waals surface area (Å²) >= 11 is 0. The number of benzene rings is 1. The van der Waals surface area contributed by atoms with Gasteiger partial charge in [-0.15, -0.1) is 0 Å². The van der Waals surface area contributed by atoms with Gasteiger partial charge in [0.25, 0.3) is 0 Å². The van der Waals surface area contributed by atoms with Gasteiger partial charge in [0, 0.05) is 42.2 Å². The predicted octanol–water partition coefficient (Wildman–Crippen LogP) is 3.21. The number of aromatic nitrogens is 3. The zero-order valence-electron chi connectivity index (χ0n) is 14.1. The number of amides is 1. The van der Waals surface area contributed by atoms with Crippen molar-refractivity contribution in [2.24, 2.45) is 11.8 Å². The molecule has 4 rings (SSSR count). The Labute approximate surface area is 146 Å². The highest BCUT2D eigenvalue weighted by Crippen LogP contribution is 2.37. The van der Waals surface area contributed by atoms with Crippen molar-refractivity contribution in [3.05, 3.63) is 66.6 Å². The van der Waals surface area contributed by atoms with Gasteiger partial charge < -0.3 is 5.32 Å². The molecule has 126 valence electrons. The van der Waals surface area contributed by atoms with Crippen molar-refractivity contribution < 1.29 is 4.79 Å². The Morgan fingerprint density at radius 1 is 1.20 bits per heavy atom. The number of nitrogens with one attached hydrogen (secondary N) is 1. The Balaban J connectivity index is 1.63. The SMILES string of the molecule is C[C@H]1C[C@@H]1C(=O)NCc1cn(-c2ccccc2)nc1-c1ccncc1. The number of rotatable bonds is 5. The summed E-state index contributed by atoms with van der Waals surface area (Å²) in [6.07, 6.45) is 6.49. The first-order valence-corrected chi connectivity index (χ1v) is 8.54. The third-order valence-electron chi connectivity index (χ3n) is 4.66. The first-order chi connectivity index (χ1) is 12.2. The fraction of sp³-hybridized carbons (Fsp3) is 0.250. The van der Waals surface area contributed by atoms with E-state index in [0.717, 1.165) is 28.9 Å². The average molecular weight is 332 g/mol. The van der Waals surface area contributed by atoms with Crippen LogP contribution in [0.25, 0.3) is 16.9 Å². The molecule has 0 radical (unpaired) electrons. The van der Waals surface area contributed by atoms with Crippen LogP contribution < -0.4 is 5.32 Å². The van der Waals surface area contributed by atoms with Gasteiger partial charge in [0.05, 0.1) is 11.4 Å². The van der Waals surface area contributed by atoms with Crippen LogP contribution >= 0.6 is 0 Å². The average Bonchev–Trinajstić information content (AvgIpc) is 3.24. The van der Waals surface area contributed by atoms with E-state index in [1.54, 1.807) is 12.4 Å². The lowest BCUT2D eigenvalue weighted by molar-refractivity contribution is -0.122. The van der Waals surface area contributed by atoms with Gasteiger partial charge in [-0.1, -0.05) is 25.1 Å². The van der Waals surface area contributed by atoms with Gasteiger partial charge in [0.15, 0.2) is 0 Å². The maximum atomic E-state index is 12.2. The van der Waals surface area contributed by atoms with Crippen molar-refractivity contribution in [1.82, 2.24) is 20.1 Å². The van der Waals surface area contributed by atoms with Gasteiger partial charge in [-0.3, -0.25) is 9.78 Å². The van der Waals surface area contributed by atoms with Crippen molar-refractivity contribution in [2.75, 3.05) is 0 Å². The van der Waals surface area contributed by atoms with Crippen LogP contribution in [0, 0.1) is 11.8 Å². The van der Waals surface area contributed by atoms with Gasteiger partial charge in [0.2, 0.25) is 5.91 Å². The molecule has 0 aliphatic heterocycles. The third kappa shape index (κ3) is 3.31. The molecule has 1 aliphatic rings. The van der Waals surface area contributed by atoms with Gasteiger partial charge >= 0.3 is 0 Å². The molecule has 1 N–H and O–H groups in total. The molecule has 3 aromatic rings. The highest BCUT2D eigenvalue weighted by Gasteiger charge is 2.38. The number of nitrogens with zero attached hydrogens (tertiary/aromatic N) is 3. The van der Waals surface area contributed by atoms with Crippen LogP contribution in [0.5, 0.6) is 0 Å². The van der Waals surface area contributed by atoms with Crippen LogP contribution in [0.15, 0.2) is 61.1 Å². The summed E-state index contributed by atoms with van der Waals surface area (Å²) < 4.78 is 1.86. The minimum absolute atomic E-state index is 0.139. The van der Waals surface area contributed by atoms with Crippen LogP contribution in [0.4, 0.5) is 0 Å². The number of carbonyl (C=O) groups is 1. The molecule has 25 heavy (non-hydrogen) atoms. The topological polar surface area (TPSA) is 59.8 Å². The summed E-state index contributed by atoms with van der Waals surface area (Å²) in [5.41, 5.74) is 3.85. The molecule has 1 saturated carbocycles. The number of para-hydroxylation sites is 1. The minimum Gasteiger partial charge on any atom is -0.352 e. The molecule has 1 fully saturated rings. The van der Waals surface area contributed by atoms with Crippen LogP contribution in [-0.4, -0.2) is 20.7 Å². The lowest BCUT2D eigenvalue weighted by atomic mass is 10.1. The molecule has 1 amide bonds. The molecule has 2 heterocycles. The summed E-state index contributed by atoms with van der Waals surface area (Å²) in [7, 11) is 0. The van der Waals surface area contributed by atoms with E-state index < -0.39 is 0 Å². The molecule has 0 bridgehead atoms. The van der Waals surface area contributed by atoms with Crippen molar-refractivity contribution in [3.63, 3.8) is 0 Å². The van der Waals surface area contributed by atoms with Gasteiger partial charge in [-0.2, -0.15) is 5.10 Å². The number of pyridine rings is 1. The van der Waals surface area contributed by atoms with Gasteiger partial charge in [0.1, 0.15) is 0 Å². The van der Waals surface area contributed by atoms with Crippen LogP contribution in [0.2, 0.25) is 0 Å². The van der Waals surface area contributed by atoms with E-state index in [-0.39, 0.29) is 11.8 Å². The summed E-state index contributed by atoms with van der Waals surface area (Å²) in [5, 5.41) is 7.80. The Bertz CT molecular complexity index is 873. The lowest BCUT2D eigenvalue weighted by Crippen LogP contribution is -2.24. The predicted molar refractivity (Wildman–Crippen MR) is 95.9 cm³/mol. The molecule has 5 nitrogen and oxygen atoms in total. The summed E-state index contributed by atoms with van der Waals surface area (Å²) in [6, 6.07) is 13.8. The van der Waals surface area contributed by atoms with Crippen LogP contribution in [-0.2, 0) is 11.3 Å². The zero-order chi connectivity index (χ0) is 17.2. The van der Waals surface area contributed by atoms with E-state index in [0.29, 0.717) is 12.5 Å². The van der Waals surface area contributed by atoms with Gasteiger partial charge in [-0.25, -0.2) is 4.68 Å². The molecule has 1 aromatic carbocycles. The van der Waals surface area contributed by atoms with E-state index in [4.69, 9.17) is 5.10 Å². The van der Waals surface area contributed by atoms with Crippen molar-refractivity contribution in [1.29, 1.82) is 0 Å². The van der Waals surface area contributed by atoms with E-state index in [2.05, 4.69) is 17.2 Å². The minimum atomic E-state index is 0.139. The first-order valence-electron chi connectivity index (χ1n) is 8.54. The number of hydrogen-bond donors (Lipinski definition) is 1. The monoisotopic (exact) mass is 332 g/mol. The summed E-state index contributed by atoms with van der Waals surface area (Å²) in [6.45, 7) is 2.59. The van der Waals surface area contributed by atoms with Crippen molar-refractivity contribution in [3.8, 4) is 16.9 Å². The maximum absolute atomic E-state index is 12.2. The highest BCUT2D eigenvalue weighted by molar-refractivity contribution is 5.81. The van der Waals surface area contributed by atoms with Crippen molar-refractivity contribution >= 4 is 5.91 Å². The Morgan fingerprint density at radius 3 is 2.60 bits per heavy atom. The molecule has 5 heteroatoms. The summed E-state index contributed by atoms with van der Waals surface area (Å²) in [4.78, 5) is 16.2. The maximum Gasteiger partial charge on any atom is 0.223 e. The number of carbonyl (C=O) groups excluding carboxylic acids is 1. The zero-order valence-corrected chi connectivity index (χ0v) is 14.1. The molecular formula is C20H20N4O. The Hall–Kier alpha value is -2.95. The molecular weight excluding hydrogens is 312 g/mol. The molecule has 1 aliphatic carbocycles. The van der Waals surface area contributed by atoms with E-state index >= 15 is 0 Å². The lowest BCUT2D eigenvalue weighted by Gasteiger charge is -2.05. The molecule has 0 spiro atoms. The quantitative estimate of drug-likeness (QED) is 0.780.